The maximum absolute atomic E-state index is 11.6. The van der Waals surface area contributed by atoms with E-state index in [1.54, 1.807) is 12.1 Å². The van der Waals surface area contributed by atoms with Gasteiger partial charge in [0.2, 0.25) is 0 Å². The molecule has 2 aromatic rings. The van der Waals surface area contributed by atoms with Gasteiger partial charge < -0.3 is 5.32 Å². The van der Waals surface area contributed by atoms with E-state index in [-0.39, 0.29) is 18.1 Å². The number of nitro benzene ring substituents is 1. The summed E-state index contributed by atoms with van der Waals surface area (Å²) in [7, 11) is 0. The van der Waals surface area contributed by atoms with Crippen molar-refractivity contribution in [2.45, 2.75) is 6.92 Å². The van der Waals surface area contributed by atoms with E-state index in [2.05, 4.69) is 15.8 Å². The first-order valence-electron chi connectivity index (χ1n) is 6.91. The Morgan fingerprint density at radius 1 is 1.17 bits per heavy atom. The molecule has 1 amide bonds. The summed E-state index contributed by atoms with van der Waals surface area (Å²) in [5.74, 6) is -0.288. The number of hydrogen-bond donors (Lipinski definition) is 2. The van der Waals surface area contributed by atoms with Crippen LogP contribution in [-0.4, -0.2) is 23.6 Å². The van der Waals surface area contributed by atoms with Crippen LogP contribution < -0.4 is 10.7 Å². The third-order valence-electron chi connectivity index (χ3n) is 3.01. The van der Waals surface area contributed by atoms with E-state index in [4.69, 9.17) is 0 Å². The largest absolute Gasteiger partial charge is 0.376 e. The van der Waals surface area contributed by atoms with Crippen LogP contribution in [0.4, 0.5) is 11.4 Å². The van der Waals surface area contributed by atoms with Crippen LogP contribution >= 0.6 is 0 Å². The van der Waals surface area contributed by atoms with Crippen LogP contribution in [0.15, 0.2) is 53.6 Å². The molecule has 118 valence electrons. The van der Waals surface area contributed by atoms with Crippen LogP contribution in [0.5, 0.6) is 0 Å². The van der Waals surface area contributed by atoms with Crippen LogP contribution in [0.25, 0.3) is 0 Å². The molecule has 0 aromatic heterocycles. The number of nitro groups is 1. The highest BCUT2D eigenvalue weighted by Gasteiger charge is 2.03. The van der Waals surface area contributed by atoms with Crippen molar-refractivity contribution in [3.8, 4) is 0 Å². The fourth-order valence-electron chi connectivity index (χ4n) is 1.75. The Balaban J connectivity index is 1.79. The second kappa shape index (κ2) is 7.69. The number of nitrogens with zero attached hydrogens (tertiary/aromatic N) is 2. The molecule has 2 rings (SSSR count). The number of carbonyl (C=O) groups excluding carboxylic acids is 1. The predicted molar refractivity (Wildman–Crippen MR) is 88.5 cm³/mol. The topological polar surface area (TPSA) is 96.6 Å². The van der Waals surface area contributed by atoms with Crippen molar-refractivity contribution in [2.24, 2.45) is 5.10 Å². The SMILES string of the molecule is Cc1ccc(NCC(=O)N/N=C\c2ccc([N+](=O)[O-])cc2)cc1. The number of anilines is 1. The number of hydrogen-bond acceptors (Lipinski definition) is 5. The van der Waals surface area contributed by atoms with E-state index < -0.39 is 4.92 Å². The van der Waals surface area contributed by atoms with Crippen LogP contribution in [-0.2, 0) is 4.79 Å². The van der Waals surface area contributed by atoms with Gasteiger partial charge in [0.05, 0.1) is 17.7 Å². The molecule has 0 spiro atoms. The molecule has 2 aromatic carbocycles. The third kappa shape index (κ3) is 5.24. The quantitative estimate of drug-likeness (QED) is 0.486. The number of aryl methyl sites for hydroxylation is 1. The van der Waals surface area contributed by atoms with Gasteiger partial charge in [0.25, 0.3) is 11.6 Å². The van der Waals surface area contributed by atoms with Gasteiger partial charge >= 0.3 is 0 Å². The zero-order chi connectivity index (χ0) is 16.7. The molecule has 0 aliphatic rings. The number of nitrogens with one attached hydrogen (secondary N) is 2. The lowest BCUT2D eigenvalue weighted by molar-refractivity contribution is -0.384. The molecule has 0 aliphatic carbocycles. The molecule has 0 heterocycles. The van der Waals surface area contributed by atoms with Gasteiger partial charge in [-0.05, 0) is 36.8 Å². The molecule has 0 bridgehead atoms. The molecule has 0 unspecified atom stereocenters. The lowest BCUT2D eigenvalue weighted by atomic mass is 10.2. The van der Waals surface area contributed by atoms with Gasteiger partial charge in [0, 0.05) is 17.8 Å². The Bertz CT molecular complexity index is 709. The summed E-state index contributed by atoms with van der Waals surface area (Å²) in [6.45, 7) is 2.09. The monoisotopic (exact) mass is 312 g/mol. The smallest absolute Gasteiger partial charge is 0.269 e. The van der Waals surface area contributed by atoms with E-state index in [0.29, 0.717) is 5.56 Å². The fraction of sp³-hybridized carbons (Fsp3) is 0.125. The lowest BCUT2D eigenvalue weighted by Crippen LogP contribution is -2.25. The van der Waals surface area contributed by atoms with Gasteiger partial charge in [-0.1, -0.05) is 17.7 Å². The molecule has 2 N–H and O–H groups in total. The van der Waals surface area contributed by atoms with Crippen LogP contribution in [0.3, 0.4) is 0 Å². The summed E-state index contributed by atoms with van der Waals surface area (Å²) in [5.41, 5.74) is 5.05. The highest BCUT2D eigenvalue weighted by Crippen LogP contribution is 2.10. The molecular weight excluding hydrogens is 296 g/mol. The minimum absolute atomic E-state index is 0.00786. The molecule has 0 radical (unpaired) electrons. The average Bonchev–Trinajstić information content (AvgIpc) is 2.55. The number of carbonyl (C=O) groups is 1. The number of amides is 1. The summed E-state index contributed by atoms with van der Waals surface area (Å²) in [5, 5.41) is 17.3. The predicted octanol–water partition coefficient (Wildman–Crippen LogP) is 2.47. The van der Waals surface area contributed by atoms with Gasteiger partial charge in [-0.25, -0.2) is 5.43 Å². The minimum atomic E-state index is -0.473. The number of benzene rings is 2. The van der Waals surface area contributed by atoms with E-state index in [1.807, 2.05) is 31.2 Å². The van der Waals surface area contributed by atoms with Gasteiger partial charge in [-0.2, -0.15) is 5.10 Å². The molecule has 0 atom stereocenters. The highest BCUT2D eigenvalue weighted by molar-refractivity contribution is 5.84. The van der Waals surface area contributed by atoms with E-state index in [9.17, 15) is 14.9 Å². The summed E-state index contributed by atoms with van der Waals surface area (Å²) < 4.78 is 0. The first-order chi connectivity index (χ1) is 11.0. The van der Waals surface area contributed by atoms with Crippen molar-refractivity contribution >= 4 is 23.5 Å². The first kappa shape index (κ1) is 16.2. The summed E-state index contributed by atoms with van der Waals surface area (Å²) in [4.78, 5) is 21.7. The van der Waals surface area contributed by atoms with Crippen molar-refractivity contribution in [3.05, 3.63) is 69.8 Å². The van der Waals surface area contributed by atoms with Crippen LogP contribution in [0, 0.1) is 17.0 Å². The Morgan fingerprint density at radius 2 is 1.83 bits per heavy atom. The van der Waals surface area contributed by atoms with E-state index in [1.165, 1.54) is 18.3 Å². The zero-order valence-electron chi connectivity index (χ0n) is 12.5. The lowest BCUT2D eigenvalue weighted by Gasteiger charge is -2.05. The zero-order valence-corrected chi connectivity index (χ0v) is 12.5. The summed E-state index contributed by atoms with van der Waals surface area (Å²) in [6.07, 6.45) is 1.42. The van der Waals surface area contributed by atoms with Crippen molar-refractivity contribution in [3.63, 3.8) is 0 Å². The normalized spacial score (nSPS) is 10.5. The molecule has 7 heteroatoms. The molecule has 0 saturated heterocycles. The Hall–Kier alpha value is -3.22. The number of non-ortho nitro benzene ring substituents is 1. The number of rotatable bonds is 6. The second-order valence-corrected chi connectivity index (χ2v) is 4.86. The second-order valence-electron chi connectivity index (χ2n) is 4.86. The summed E-state index contributed by atoms with van der Waals surface area (Å²) in [6, 6.07) is 13.5. The molecule has 0 fully saturated rings. The Morgan fingerprint density at radius 3 is 2.43 bits per heavy atom. The average molecular weight is 312 g/mol. The van der Waals surface area contributed by atoms with Gasteiger partial charge in [0.1, 0.15) is 0 Å². The van der Waals surface area contributed by atoms with Crippen LogP contribution in [0.2, 0.25) is 0 Å². The van der Waals surface area contributed by atoms with Crippen LogP contribution in [0.1, 0.15) is 11.1 Å². The highest BCUT2D eigenvalue weighted by atomic mass is 16.6. The first-order valence-corrected chi connectivity index (χ1v) is 6.91. The minimum Gasteiger partial charge on any atom is -0.376 e. The van der Waals surface area contributed by atoms with Gasteiger partial charge in [-0.3, -0.25) is 14.9 Å². The van der Waals surface area contributed by atoms with Crippen molar-refractivity contribution < 1.29 is 9.72 Å². The van der Waals surface area contributed by atoms with Crippen molar-refractivity contribution in [1.82, 2.24) is 5.43 Å². The maximum Gasteiger partial charge on any atom is 0.269 e. The third-order valence-corrected chi connectivity index (χ3v) is 3.01. The fourth-order valence-corrected chi connectivity index (χ4v) is 1.75. The molecule has 7 nitrogen and oxygen atoms in total. The van der Waals surface area contributed by atoms with E-state index in [0.717, 1.165) is 11.3 Å². The Kier molecular flexibility index (Phi) is 5.40. The van der Waals surface area contributed by atoms with Gasteiger partial charge in [0.15, 0.2) is 0 Å². The number of hydrazone groups is 1. The van der Waals surface area contributed by atoms with E-state index >= 15 is 0 Å². The van der Waals surface area contributed by atoms with Gasteiger partial charge in [-0.15, -0.1) is 0 Å². The standard InChI is InChI=1S/C16H16N4O3/c1-12-2-6-14(7-3-12)17-11-16(21)19-18-10-13-4-8-15(9-5-13)20(22)23/h2-10,17H,11H2,1H3,(H,19,21)/b18-10-. The van der Waals surface area contributed by atoms with Crippen molar-refractivity contribution in [1.29, 1.82) is 0 Å². The van der Waals surface area contributed by atoms with Crippen molar-refractivity contribution in [2.75, 3.05) is 11.9 Å². The summed E-state index contributed by atoms with van der Waals surface area (Å²) >= 11 is 0. The molecular formula is C16H16N4O3. The maximum atomic E-state index is 11.6. The Labute approximate surface area is 133 Å². The molecule has 23 heavy (non-hydrogen) atoms. The molecule has 0 saturated carbocycles. The molecule has 0 aliphatic heterocycles.